The van der Waals surface area contributed by atoms with Gasteiger partial charge >= 0.3 is 0 Å². The van der Waals surface area contributed by atoms with Crippen LogP contribution in [0, 0.1) is 0 Å². The van der Waals surface area contributed by atoms with Crippen LogP contribution in [0.1, 0.15) is 158 Å². The second kappa shape index (κ2) is 24.2. The molecular formula is C102H98BN5. The van der Waals surface area contributed by atoms with Gasteiger partial charge in [-0.25, -0.2) is 0 Å². The summed E-state index contributed by atoms with van der Waals surface area (Å²) < 4.78 is 7.69. The van der Waals surface area contributed by atoms with Crippen molar-refractivity contribution >= 4 is 123 Å². The number of fused-ring (bicyclic) bond motifs is 13. The molecule has 108 heavy (non-hydrogen) atoms. The van der Waals surface area contributed by atoms with E-state index in [1.165, 1.54) is 137 Å². The summed E-state index contributed by atoms with van der Waals surface area (Å²) in [7, 11) is 0. The zero-order chi connectivity index (χ0) is 75.2. The summed E-state index contributed by atoms with van der Waals surface area (Å²) in [6.45, 7) is 41.8. The van der Waals surface area contributed by atoms with Gasteiger partial charge in [-0.2, -0.15) is 0 Å². The average molecular weight is 1400 g/mol. The summed E-state index contributed by atoms with van der Waals surface area (Å²) in [5.41, 5.74) is 33.2. The maximum Gasteiger partial charge on any atom is 0.252 e. The smallest absolute Gasteiger partial charge is 0.252 e. The van der Waals surface area contributed by atoms with Crippen LogP contribution in [0.2, 0.25) is 0 Å². The average Bonchev–Trinajstić information content (AvgIpc) is 0.883. The fourth-order valence-corrected chi connectivity index (χ4v) is 17.5. The van der Waals surface area contributed by atoms with E-state index in [-0.39, 0.29) is 39.2 Å². The van der Waals surface area contributed by atoms with Crippen LogP contribution in [0.15, 0.2) is 267 Å². The minimum Gasteiger partial charge on any atom is -0.311 e. The van der Waals surface area contributed by atoms with Gasteiger partial charge in [0, 0.05) is 77.8 Å². The van der Waals surface area contributed by atoms with E-state index in [0.717, 1.165) is 51.2 Å². The summed E-state index contributed by atoms with van der Waals surface area (Å²) in [6.07, 6.45) is 0. The highest BCUT2D eigenvalue weighted by Gasteiger charge is 2.45. The SMILES string of the molecule is CC(C)(C)c1ccc2c(c1)c1cc(C(C)(C)C)ccc1n2-c1ccc2c(c1)N(c1ccc(-c3ccccc3)cc1)c1cc(-n3c4ccc(C(C)(C)C)cc4c4cc(C(C)(C)C)ccc43)cc3c1B2c1ccc(-n2c4ccc(C(C)(C)C)cc4c4cc(C(C)(C)C)ccc42)cc1N3c1ccc(-c2ccccc2)cc1. The predicted octanol–water partition coefficient (Wildman–Crippen LogP) is 26.2. The van der Waals surface area contributed by atoms with Gasteiger partial charge in [-0.15, -0.1) is 0 Å². The summed E-state index contributed by atoms with van der Waals surface area (Å²) in [4.78, 5) is 5.26. The molecule has 16 aromatic rings. The molecule has 2 aliphatic rings. The van der Waals surface area contributed by atoms with Gasteiger partial charge < -0.3 is 23.5 Å². The van der Waals surface area contributed by atoms with Crippen LogP contribution in [0.25, 0.3) is 105 Å². The van der Waals surface area contributed by atoms with Gasteiger partial charge in [0.15, 0.2) is 0 Å². The monoisotopic (exact) mass is 1400 g/mol. The molecule has 0 saturated carbocycles. The van der Waals surface area contributed by atoms with Gasteiger partial charge in [-0.3, -0.25) is 0 Å². The molecule has 0 radical (unpaired) electrons. The zero-order valence-electron chi connectivity index (χ0n) is 66.2. The largest absolute Gasteiger partial charge is 0.311 e. The summed E-state index contributed by atoms with van der Waals surface area (Å²) in [5.74, 6) is 0. The first-order valence-electron chi connectivity index (χ1n) is 39.0. The highest BCUT2D eigenvalue weighted by atomic mass is 15.2. The molecule has 0 bridgehead atoms. The highest BCUT2D eigenvalue weighted by molar-refractivity contribution is 7.00. The van der Waals surface area contributed by atoms with Crippen LogP contribution in [0.5, 0.6) is 0 Å². The Hall–Kier alpha value is -11.1. The topological polar surface area (TPSA) is 21.3 Å². The van der Waals surface area contributed by atoms with Crippen LogP contribution in [-0.4, -0.2) is 20.4 Å². The molecule has 13 aromatic carbocycles. The van der Waals surface area contributed by atoms with Crippen molar-refractivity contribution in [3.8, 4) is 39.3 Å². The van der Waals surface area contributed by atoms with E-state index in [2.05, 4.69) is 415 Å². The molecule has 18 rings (SSSR count). The quantitative estimate of drug-likeness (QED) is 0.148. The fourth-order valence-electron chi connectivity index (χ4n) is 17.5. The van der Waals surface area contributed by atoms with Gasteiger partial charge in [-0.1, -0.05) is 258 Å². The molecule has 0 N–H and O–H groups in total. The van der Waals surface area contributed by atoms with E-state index in [1.807, 2.05) is 0 Å². The molecule has 0 spiro atoms. The first-order valence-corrected chi connectivity index (χ1v) is 39.0. The normalized spacial score (nSPS) is 13.6. The zero-order valence-corrected chi connectivity index (χ0v) is 66.2. The second-order valence-electron chi connectivity index (χ2n) is 37.2. The van der Waals surface area contributed by atoms with Crippen molar-refractivity contribution in [3.63, 3.8) is 0 Å². The van der Waals surface area contributed by atoms with E-state index >= 15 is 0 Å². The number of hydrogen-bond donors (Lipinski definition) is 0. The Bertz CT molecular complexity index is 5810. The lowest BCUT2D eigenvalue weighted by atomic mass is 9.33. The molecule has 0 unspecified atom stereocenters. The number of hydrogen-bond acceptors (Lipinski definition) is 2. The lowest BCUT2D eigenvalue weighted by Crippen LogP contribution is -2.61. The van der Waals surface area contributed by atoms with Gasteiger partial charge in [-0.05, 0) is 238 Å². The fraction of sp³-hybridized carbons (Fsp3) is 0.235. The molecule has 0 aliphatic carbocycles. The molecule has 0 saturated heterocycles. The molecule has 6 heteroatoms. The van der Waals surface area contributed by atoms with Gasteiger partial charge in [0.2, 0.25) is 0 Å². The molecular weight excluding hydrogens is 1310 g/mol. The van der Waals surface area contributed by atoms with Crippen molar-refractivity contribution in [2.45, 2.75) is 157 Å². The van der Waals surface area contributed by atoms with Crippen LogP contribution < -0.4 is 26.2 Å². The Morgan fingerprint density at radius 3 is 0.694 bits per heavy atom. The Balaban J connectivity index is 0.975. The van der Waals surface area contributed by atoms with E-state index in [1.54, 1.807) is 0 Å². The first kappa shape index (κ1) is 68.7. The molecule has 5 heterocycles. The summed E-state index contributed by atoms with van der Waals surface area (Å²) >= 11 is 0. The van der Waals surface area contributed by atoms with Gasteiger partial charge in [0.25, 0.3) is 6.71 Å². The minimum absolute atomic E-state index is 0.0459. The number of aromatic nitrogens is 3. The van der Waals surface area contributed by atoms with Gasteiger partial charge in [0.05, 0.1) is 38.8 Å². The first-order chi connectivity index (χ1) is 51.3. The van der Waals surface area contributed by atoms with Crippen molar-refractivity contribution in [2.24, 2.45) is 0 Å². The third-order valence-corrected chi connectivity index (χ3v) is 23.8. The maximum atomic E-state index is 2.63. The number of anilines is 6. The summed E-state index contributed by atoms with van der Waals surface area (Å²) in [6, 6.07) is 104. The van der Waals surface area contributed by atoms with Crippen molar-refractivity contribution in [3.05, 3.63) is 300 Å². The van der Waals surface area contributed by atoms with Crippen molar-refractivity contribution in [2.75, 3.05) is 9.80 Å². The number of benzene rings is 13. The molecule has 3 aromatic heterocycles. The van der Waals surface area contributed by atoms with Crippen molar-refractivity contribution < 1.29 is 0 Å². The standard InChI is InChI=1S/C102H98BN5/c1-97(2,3)67-33-47-86-78(53-67)79-54-68(98(4,5)6)34-48-87(79)106(86)75-43-45-84-92(59-75)104(73-39-29-65(30-40-73)63-25-21-19-22-26-63)94-61-77(108-90-51-37-71(101(13,14)15)57-82(90)83-58-72(102(16,17)18)38-52-91(83)108)62-95-96(94)103(84)85-46-44-76(60-93(85)105(95)74-41-31-66(32-42-74)64-27-23-20-24-28-64)107-88-49-35-69(99(7,8)9)55-80(88)81-56-70(100(10,11)12)36-50-89(81)107/h19-62H,1-18H3. The molecule has 0 amide bonds. The predicted molar refractivity (Wildman–Crippen MR) is 467 cm³/mol. The van der Waals surface area contributed by atoms with E-state index < -0.39 is 0 Å². The molecule has 5 nitrogen and oxygen atoms in total. The highest BCUT2D eigenvalue weighted by Crippen LogP contribution is 2.50. The molecule has 0 fully saturated rings. The third-order valence-electron chi connectivity index (χ3n) is 23.8. The number of rotatable bonds is 7. The maximum absolute atomic E-state index is 2.63. The van der Waals surface area contributed by atoms with Crippen LogP contribution in [-0.2, 0) is 32.5 Å². The van der Waals surface area contributed by atoms with E-state index in [4.69, 9.17) is 0 Å². The van der Waals surface area contributed by atoms with Crippen molar-refractivity contribution in [1.29, 1.82) is 0 Å². The molecule has 534 valence electrons. The number of nitrogens with zero attached hydrogens (tertiary/aromatic N) is 5. The lowest BCUT2D eigenvalue weighted by molar-refractivity contribution is 0.590. The van der Waals surface area contributed by atoms with Crippen molar-refractivity contribution in [1.82, 2.24) is 13.7 Å². The van der Waals surface area contributed by atoms with E-state index in [0.29, 0.717) is 0 Å². The lowest BCUT2D eigenvalue weighted by Gasteiger charge is -2.44. The Labute approximate surface area is 638 Å². The minimum atomic E-state index is -0.206. The Morgan fingerprint density at radius 2 is 0.435 bits per heavy atom. The van der Waals surface area contributed by atoms with Gasteiger partial charge in [0.1, 0.15) is 0 Å². The van der Waals surface area contributed by atoms with Crippen LogP contribution >= 0.6 is 0 Å². The summed E-state index contributed by atoms with van der Waals surface area (Å²) in [5, 5.41) is 7.59. The Kier molecular flexibility index (Phi) is 15.4. The molecule has 0 atom stereocenters. The van der Waals surface area contributed by atoms with Crippen LogP contribution in [0.3, 0.4) is 0 Å². The van der Waals surface area contributed by atoms with Crippen LogP contribution in [0.4, 0.5) is 34.1 Å². The Morgan fingerprint density at radius 1 is 0.204 bits per heavy atom. The second-order valence-corrected chi connectivity index (χ2v) is 37.2. The van der Waals surface area contributed by atoms with E-state index in [9.17, 15) is 0 Å². The third kappa shape index (κ3) is 11.2. The molecule has 2 aliphatic heterocycles.